The third kappa shape index (κ3) is 5.16. The first-order valence-electron chi connectivity index (χ1n) is 5.53. The minimum absolute atomic E-state index is 0.0270. The summed E-state index contributed by atoms with van der Waals surface area (Å²) in [6.45, 7) is 2.89. The molecule has 0 aliphatic carbocycles. The molecule has 0 unspecified atom stereocenters. The lowest BCUT2D eigenvalue weighted by atomic mass is 9.92. The van der Waals surface area contributed by atoms with Crippen LogP contribution in [0.2, 0.25) is 0 Å². The minimum atomic E-state index is -4.34. The topological polar surface area (TPSA) is 46.3 Å². The van der Waals surface area contributed by atoms with Crippen LogP contribution in [0.5, 0.6) is 0 Å². The summed E-state index contributed by atoms with van der Waals surface area (Å²) in [5, 5.41) is 0. The standard InChI is InChI=1S/C10H17F3N2OS/c1-7(14)8-3-2-4-15(5-8)9(16)6-17-10(11,12)13/h7-8H,2-6,14H2,1H3/t7-,8+/m1/s1. The van der Waals surface area contributed by atoms with Crippen LogP contribution in [0.1, 0.15) is 19.8 Å². The Hall–Kier alpha value is -0.430. The first-order valence-corrected chi connectivity index (χ1v) is 6.52. The zero-order chi connectivity index (χ0) is 13.1. The van der Waals surface area contributed by atoms with Gasteiger partial charge < -0.3 is 10.6 Å². The van der Waals surface area contributed by atoms with Crippen molar-refractivity contribution < 1.29 is 18.0 Å². The number of carbonyl (C=O) groups is 1. The van der Waals surface area contributed by atoms with Crippen LogP contribution in [0.25, 0.3) is 0 Å². The first-order chi connectivity index (χ1) is 7.79. The Labute approximate surface area is 103 Å². The monoisotopic (exact) mass is 270 g/mol. The van der Waals surface area contributed by atoms with Crippen LogP contribution in [-0.2, 0) is 4.79 Å². The van der Waals surface area contributed by atoms with Gasteiger partial charge in [-0.2, -0.15) is 13.2 Å². The summed E-state index contributed by atoms with van der Waals surface area (Å²) in [7, 11) is 0. The highest BCUT2D eigenvalue weighted by Crippen LogP contribution is 2.30. The van der Waals surface area contributed by atoms with Crippen LogP contribution >= 0.6 is 11.8 Å². The lowest BCUT2D eigenvalue weighted by molar-refractivity contribution is -0.130. The maximum absolute atomic E-state index is 12.0. The van der Waals surface area contributed by atoms with Gasteiger partial charge in [-0.15, -0.1) is 0 Å². The Bertz CT molecular complexity index is 271. The van der Waals surface area contributed by atoms with Crippen molar-refractivity contribution in [3.63, 3.8) is 0 Å². The fourth-order valence-corrected chi connectivity index (χ4v) is 2.37. The number of rotatable bonds is 3. The van der Waals surface area contributed by atoms with Crippen LogP contribution in [0.3, 0.4) is 0 Å². The minimum Gasteiger partial charge on any atom is -0.342 e. The lowest BCUT2D eigenvalue weighted by Gasteiger charge is -2.34. The molecule has 0 saturated carbocycles. The SMILES string of the molecule is C[C@@H](N)[C@H]1CCCN(C(=O)CSC(F)(F)F)C1. The molecule has 1 aliphatic heterocycles. The summed E-state index contributed by atoms with van der Waals surface area (Å²) in [5.41, 5.74) is 1.41. The molecular weight excluding hydrogens is 253 g/mol. The number of likely N-dealkylation sites (tertiary alicyclic amines) is 1. The number of amides is 1. The van der Waals surface area contributed by atoms with Crippen molar-refractivity contribution in [1.82, 2.24) is 4.90 Å². The molecule has 17 heavy (non-hydrogen) atoms. The Morgan fingerprint density at radius 3 is 2.76 bits per heavy atom. The molecule has 0 aromatic carbocycles. The zero-order valence-corrected chi connectivity index (χ0v) is 10.5. The Morgan fingerprint density at radius 1 is 1.59 bits per heavy atom. The van der Waals surface area contributed by atoms with Crippen LogP contribution in [-0.4, -0.2) is 41.2 Å². The second kappa shape index (κ2) is 5.95. The number of carbonyl (C=O) groups excluding carboxylic acids is 1. The average Bonchev–Trinajstić information content (AvgIpc) is 2.25. The number of thioether (sulfide) groups is 1. The summed E-state index contributed by atoms with van der Waals surface area (Å²) in [6, 6.07) is -0.0270. The highest BCUT2D eigenvalue weighted by atomic mass is 32.2. The van der Waals surface area contributed by atoms with Gasteiger partial charge in [-0.1, -0.05) is 0 Å². The molecule has 2 N–H and O–H groups in total. The van der Waals surface area contributed by atoms with E-state index in [1.807, 2.05) is 6.92 Å². The third-order valence-electron chi connectivity index (χ3n) is 2.91. The Kier molecular flexibility index (Phi) is 5.12. The van der Waals surface area contributed by atoms with E-state index >= 15 is 0 Å². The number of nitrogens with zero attached hydrogens (tertiary/aromatic N) is 1. The van der Waals surface area contributed by atoms with E-state index in [0.29, 0.717) is 13.1 Å². The molecule has 0 radical (unpaired) electrons. The summed E-state index contributed by atoms with van der Waals surface area (Å²) in [4.78, 5) is 13.1. The van der Waals surface area contributed by atoms with Gasteiger partial charge in [-0.3, -0.25) is 4.79 Å². The van der Waals surface area contributed by atoms with Gasteiger partial charge in [-0.05, 0) is 37.4 Å². The molecular formula is C10H17F3N2OS. The molecule has 1 fully saturated rings. The highest BCUT2D eigenvalue weighted by Gasteiger charge is 2.32. The molecule has 3 nitrogen and oxygen atoms in total. The lowest BCUT2D eigenvalue weighted by Crippen LogP contribution is -2.45. The molecule has 2 atom stereocenters. The summed E-state index contributed by atoms with van der Waals surface area (Å²) in [6.07, 6.45) is 1.75. The number of halogens is 3. The Morgan fingerprint density at radius 2 is 2.24 bits per heavy atom. The van der Waals surface area contributed by atoms with E-state index in [1.54, 1.807) is 0 Å². The van der Waals surface area contributed by atoms with Gasteiger partial charge in [0.15, 0.2) is 0 Å². The largest absolute Gasteiger partial charge is 0.442 e. The number of hydrogen-bond donors (Lipinski definition) is 1. The van der Waals surface area contributed by atoms with Crippen molar-refractivity contribution in [3.8, 4) is 0 Å². The molecule has 7 heteroatoms. The number of nitrogens with two attached hydrogens (primary N) is 1. The van der Waals surface area contributed by atoms with E-state index in [9.17, 15) is 18.0 Å². The summed E-state index contributed by atoms with van der Waals surface area (Å²) >= 11 is -0.278. The Balaban J connectivity index is 2.41. The predicted octanol–water partition coefficient (Wildman–Crippen LogP) is 1.83. The molecule has 0 aromatic rings. The van der Waals surface area contributed by atoms with Gasteiger partial charge >= 0.3 is 5.51 Å². The van der Waals surface area contributed by atoms with Gasteiger partial charge in [0.25, 0.3) is 0 Å². The van der Waals surface area contributed by atoms with Crippen LogP contribution in [0.15, 0.2) is 0 Å². The quantitative estimate of drug-likeness (QED) is 0.851. The molecule has 100 valence electrons. The third-order valence-corrected chi connectivity index (χ3v) is 3.63. The molecule has 1 rings (SSSR count). The van der Waals surface area contributed by atoms with Gasteiger partial charge in [0.1, 0.15) is 0 Å². The number of alkyl halides is 3. The maximum atomic E-state index is 12.0. The second-order valence-corrected chi connectivity index (χ2v) is 5.38. The van der Waals surface area contributed by atoms with Gasteiger partial charge in [0.05, 0.1) is 5.75 Å². The maximum Gasteiger partial charge on any atom is 0.442 e. The first kappa shape index (κ1) is 14.6. The van der Waals surface area contributed by atoms with E-state index in [4.69, 9.17) is 5.73 Å². The normalized spacial score (nSPS) is 23.6. The van der Waals surface area contributed by atoms with Crippen LogP contribution < -0.4 is 5.73 Å². The number of piperidine rings is 1. The van der Waals surface area contributed by atoms with Gasteiger partial charge in [0.2, 0.25) is 5.91 Å². The molecule has 0 aromatic heterocycles. The molecule has 0 spiro atoms. The molecule has 0 bridgehead atoms. The van der Waals surface area contributed by atoms with Crippen molar-refractivity contribution in [2.75, 3.05) is 18.8 Å². The predicted molar refractivity (Wildman–Crippen MR) is 61.5 cm³/mol. The van der Waals surface area contributed by atoms with Crippen molar-refractivity contribution in [2.45, 2.75) is 31.3 Å². The fourth-order valence-electron chi connectivity index (χ4n) is 1.90. The van der Waals surface area contributed by atoms with E-state index in [2.05, 4.69) is 0 Å². The van der Waals surface area contributed by atoms with E-state index in [0.717, 1.165) is 12.8 Å². The summed E-state index contributed by atoms with van der Waals surface area (Å²) < 4.78 is 35.9. The van der Waals surface area contributed by atoms with Crippen LogP contribution in [0, 0.1) is 5.92 Å². The van der Waals surface area contributed by atoms with E-state index in [-0.39, 0.29) is 23.7 Å². The second-order valence-electron chi connectivity index (χ2n) is 4.34. The van der Waals surface area contributed by atoms with Crippen molar-refractivity contribution in [1.29, 1.82) is 0 Å². The average molecular weight is 270 g/mol. The molecule has 1 saturated heterocycles. The zero-order valence-electron chi connectivity index (χ0n) is 9.67. The van der Waals surface area contributed by atoms with Crippen molar-refractivity contribution in [2.24, 2.45) is 11.7 Å². The van der Waals surface area contributed by atoms with E-state index < -0.39 is 17.2 Å². The van der Waals surface area contributed by atoms with Gasteiger partial charge in [-0.25, -0.2) is 0 Å². The molecule has 1 heterocycles. The smallest absolute Gasteiger partial charge is 0.342 e. The molecule has 1 aliphatic rings. The number of hydrogen-bond acceptors (Lipinski definition) is 3. The fraction of sp³-hybridized carbons (Fsp3) is 0.900. The van der Waals surface area contributed by atoms with Crippen LogP contribution in [0.4, 0.5) is 13.2 Å². The van der Waals surface area contributed by atoms with E-state index in [1.165, 1.54) is 4.90 Å². The van der Waals surface area contributed by atoms with Crippen molar-refractivity contribution >= 4 is 17.7 Å². The van der Waals surface area contributed by atoms with Crippen molar-refractivity contribution in [3.05, 3.63) is 0 Å². The summed E-state index contributed by atoms with van der Waals surface area (Å²) in [5.74, 6) is -0.781. The van der Waals surface area contributed by atoms with Gasteiger partial charge in [0, 0.05) is 19.1 Å². The highest BCUT2D eigenvalue weighted by molar-refractivity contribution is 8.00. The molecule has 1 amide bonds.